The van der Waals surface area contributed by atoms with Crippen LogP contribution in [0.1, 0.15) is 29.6 Å². The number of carbonyl (C=O) groups is 1. The summed E-state index contributed by atoms with van der Waals surface area (Å²) in [5.74, 6) is 0.276. The monoisotopic (exact) mass is 445 g/mol. The van der Waals surface area contributed by atoms with Gasteiger partial charge in [0, 0.05) is 49.7 Å². The van der Waals surface area contributed by atoms with Crippen molar-refractivity contribution in [1.82, 2.24) is 24.5 Å². The smallest absolute Gasteiger partial charge is 0.163 e. The van der Waals surface area contributed by atoms with Crippen LogP contribution in [0.2, 0.25) is 0 Å². The molecule has 1 fully saturated rings. The minimum Gasteiger partial charge on any atom is -0.381 e. The van der Waals surface area contributed by atoms with Gasteiger partial charge in [0.2, 0.25) is 0 Å². The first-order valence-corrected chi connectivity index (χ1v) is 11.0. The number of aryl methyl sites for hydroxylation is 1. The molecule has 3 heterocycles. The minimum absolute atomic E-state index is 0.171. The Balaban J connectivity index is 1.36. The highest BCUT2D eigenvalue weighted by Crippen LogP contribution is 2.29. The van der Waals surface area contributed by atoms with Crippen LogP contribution in [-0.2, 0) is 11.8 Å². The van der Waals surface area contributed by atoms with Gasteiger partial charge in [-0.15, -0.1) is 5.10 Å². The van der Waals surface area contributed by atoms with Gasteiger partial charge in [-0.3, -0.25) is 4.79 Å². The van der Waals surface area contributed by atoms with Crippen LogP contribution >= 0.6 is 0 Å². The van der Waals surface area contributed by atoms with Crippen LogP contribution in [0.25, 0.3) is 28.3 Å². The first kappa shape index (κ1) is 21.2. The van der Waals surface area contributed by atoms with Gasteiger partial charge in [0.15, 0.2) is 5.78 Å². The van der Waals surface area contributed by atoms with Gasteiger partial charge in [-0.05, 0) is 67.3 Å². The number of imidazole rings is 1. The molecule has 1 aliphatic rings. The Morgan fingerprint density at radius 2 is 1.82 bits per heavy atom. The van der Waals surface area contributed by atoms with Crippen molar-refractivity contribution >= 4 is 5.78 Å². The number of ketones is 1. The fourth-order valence-corrected chi connectivity index (χ4v) is 4.18. The average molecular weight is 445 g/mol. The number of Topliss-reactive ketones (excluding diaryl/α,β-unsaturated/α-hetero) is 1. The Bertz CT molecular complexity index is 1250. The first-order valence-electron chi connectivity index (χ1n) is 11.0. The second-order valence-corrected chi connectivity index (χ2v) is 8.31. The van der Waals surface area contributed by atoms with Crippen LogP contribution in [0.5, 0.6) is 0 Å². The van der Waals surface area contributed by atoms with Gasteiger partial charge in [-0.2, -0.15) is 0 Å². The van der Waals surface area contributed by atoms with Crippen LogP contribution in [0, 0.1) is 11.7 Å². The topological polar surface area (TPSA) is 74.8 Å². The number of aromatic nitrogens is 5. The number of benzene rings is 2. The van der Waals surface area contributed by atoms with Gasteiger partial charge in [0.25, 0.3) is 0 Å². The zero-order chi connectivity index (χ0) is 22.8. The number of halogens is 1. The molecular formula is C25H24FN5O2. The van der Waals surface area contributed by atoms with E-state index in [0.29, 0.717) is 23.7 Å². The molecule has 0 bridgehead atoms. The number of hydrogen-bond acceptors (Lipinski definition) is 5. The summed E-state index contributed by atoms with van der Waals surface area (Å²) in [7, 11) is 1.80. The van der Waals surface area contributed by atoms with Crippen molar-refractivity contribution in [1.29, 1.82) is 0 Å². The van der Waals surface area contributed by atoms with E-state index in [9.17, 15) is 9.18 Å². The molecule has 0 aliphatic carbocycles. The normalized spacial score (nSPS) is 14.5. The predicted octanol–water partition coefficient (Wildman–Crippen LogP) is 4.47. The van der Waals surface area contributed by atoms with Crippen LogP contribution in [0.15, 0.2) is 61.1 Å². The molecule has 168 valence electrons. The maximum Gasteiger partial charge on any atom is 0.163 e. The fourth-order valence-electron chi connectivity index (χ4n) is 4.18. The van der Waals surface area contributed by atoms with Crippen LogP contribution in [-0.4, -0.2) is 43.5 Å². The Kier molecular flexibility index (Phi) is 5.83. The summed E-state index contributed by atoms with van der Waals surface area (Å²) in [6, 6.07) is 13.7. The summed E-state index contributed by atoms with van der Waals surface area (Å²) in [5, 5.41) is 8.38. The van der Waals surface area contributed by atoms with Crippen LogP contribution in [0.3, 0.4) is 0 Å². The molecule has 5 rings (SSSR count). The fraction of sp³-hybridized carbons (Fsp3) is 0.280. The van der Waals surface area contributed by atoms with Crippen molar-refractivity contribution in [3.05, 3.63) is 72.4 Å². The van der Waals surface area contributed by atoms with Gasteiger partial charge in [-0.1, -0.05) is 5.21 Å². The number of nitrogens with zero attached hydrogens (tertiary/aromatic N) is 5. The van der Waals surface area contributed by atoms with Crippen LogP contribution in [0.4, 0.5) is 4.39 Å². The van der Waals surface area contributed by atoms with Gasteiger partial charge in [0.05, 0.1) is 6.33 Å². The average Bonchev–Trinajstić information content (AvgIpc) is 3.47. The molecule has 8 heteroatoms. The van der Waals surface area contributed by atoms with E-state index < -0.39 is 0 Å². The second kappa shape index (κ2) is 9.07. The Labute approximate surface area is 190 Å². The van der Waals surface area contributed by atoms with Gasteiger partial charge < -0.3 is 9.30 Å². The molecule has 0 saturated carbocycles. The maximum atomic E-state index is 13.3. The largest absolute Gasteiger partial charge is 0.381 e. The zero-order valence-electron chi connectivity index (χ0n) is 18.3. The SMILES string of the molecule is Cn1nnc(-c2ccc(F)cc2)c1-c1cn(-c2ccc(C(=O)CC3CCOCC3)cc2)cn1. The predicted molar refractivity (Wildman–Crippen MR) is 121 cm³/mol. The van der Waals surface area contributed by atoms with Gasteiger partial charge >= 0.3 is 0 Å². The summed E-state index contributed by atoms with van der Waals surface area (Å²) >= 11 is 0. The lowest BCUT2D eigenvalue weighted by atomic mass is 9.92. The molecule has 0 spiro atoms. The lowest BCUT2D eigenvalue weighted by Crippen LogP contribution is -2.18. The number of carbonyl (C=O) groups excluding carboxylic acids is 1. The second-order valence-electron chi connectivity index (χ2n) is 8.31. The van der Waals surface area contributed by atoms with Gasteiger partial charge in [0.1, 0.15) is 22.9 Å². The number of ether oxygens (including phenoxy) is 1. The third kappa shape index (κ3) is 4.47. The first-order chi connectivity index (χ1) is 16.1. The molecule has 1 saturated heterocycles. The molecular weight excluding hydrogens is 421 g/mol. The van der Waals surface area contributed by atoms with E-state index in [1.54, 1.807) is 30.2 Å². The van der Waals surface area contributed by atoms with E-state index in [-0.39, 0.29) is 11.6 Å². The molecule has 0 N–H and O–H groups in total. The number of hydrogen-bond donors (Lipinski definition) is 0. The molecule has 2 aromatic carbocycles. The summed E-state index contributed by atoms with van der Waals surface area (Å²) in [6.07, 6.45) is 6.08. The van der Waals surface area contributed by atoms with E-state index >= 15 is 0 Å². The Morgan fingerprint density at radius 1 is 1.09 bits per heavy atom. The van der Waals surface area contributed by atoms with E-state index in [0.717, 1.165) is 48.6 Å². The molecule has 33 heavy (non-hydrogen) atoms. The van der Waals surface area contributed by atoms with E-state index in [4.69, 9.17) is 4.74 Å². The zero-order valence-corrected chi connectivity index (χ0v) is 18.3. The molecule has 1 aliphatic heterocycles. The van der Waals surface area contributed by atoms with E-state index in [2.05, 4.69) is 15.3 Å². The van der Waals surface area contributed by atoms with Crippen LogP contribution < -0.4 is 0 Å². The third-order valence-electron chi connectivity index (χ3n) is 6.07. The Hall–Kier alpha value is -3.65. The van der Waals surface area contributed by atoms with Crippen molar-refractivity contribution in [3.63, 3.8) is 0 Å². The summed E-state index contributed by atoms with van der Waals surface area (Å²) < 4.78 is 22.3. The number of rotatable bonds is 6. The summed E-state index contributed by atoms with van der Waals surface area (Å²) in [6.45, 7) is 1.49. The molecule has 7 nitrogen and oxygen atoms in total. The lowest BCUT2D eigenvalue weighted by molar-refractivity contribution is 0.0601. The van der Waals surface area contributed by atoms with Gasteiger partial charge in [-0.25, -0.2) is 14.1 Å². The summed E-state index contributed by atoms with van der Waals surface area (Å²) in [4.78, 5) is 17.2. The van der Waals surface area contributed by atoms with Crippen molar-refractivity contribution in [3.8, 4) is 28.3 Å². The molecule has 0 atom stereocenters. The minimum atomic E-state index is -0.303. The standard InChI is InChI=1S/C25H24FN5O2/c1-30-25(24(28-29-30)19-2-6-20(26)7-3-19)22-15-31(16-27-22)21-8-4-18(5-9-21)23(32)14-17-10-12-33-13-11-17/h2-9,15-17H,10-14H2,1H3. The van der Waals surface area contributed by atoms with Crippen molar-refractivity contribution in [2.75, 3.05) is 13.2 Å². The van der Waals surface area contributed by atoms with Crippen molar-refractivity contribution in [2.45, 2.75) is 19.3 Å². The molecule has 0 amide bonds. The maximum absolute atomic E-state index is 13.3. The highest BCUT2D eigenvalue weighted by Gasteiger charge is 2.19. The lowest BCUT2D eigenvalue weighted by Gasteiger charge is -2.21. The van der Waals surface area contributed by atoms with E-state index in [1.807, 2.05) is 35.0 Å². The van der Waals surface area contributed by atoms with Crippen molar-refractivity contribution in [2.24, 2.45) is 13.0 Å². The van der Waals surface area contributed by atoms with Crippen molar-refractivity contribution < 1.29 is 13.9 Å². The molecule has 0 unspecified atom stereocenters. The molecule has 0 radical (unpaired) electrons. The molecule has 4 aromatic rings. The quantitative estimate of drug-likeness (QED) is 0.409. The third-order valence-corrected chi connectivity index (χ3v) is 6.07. The summed E-state index contributed by atoms with van der Waals surface area (Å²) in [5.41, 5.74) is 4.46. The molecule has 2 aromatic heterocycles. The highest BCUT2D eigenvalue weighted by atomic mass is 19.1. The highest BCUT2D eigenvalue weighted by molar-refractivity contribution is 5.96. The van der Waals surface area contributed by atoms with E-state index in [1.165, 1.54) is 12.1 Å². The Morgan fingerprint density at radius 3 is 2.55 bits per heavy atom.